The van der Waals surface area contributed by atoms with Gasteiger partial charge in [-0.15, -0.1) is 0 Å². The lowest BCUT2D eigenvalue weighted by Crippen LogP contribution is -2.36. The average Bonchev–Trinajstić information content (AvgIpc) is 2.46. The molecule has 1 heterocycles. The summed E-state index contributed by atoms with van der Waals surface area (Å²) in [5, 5.41) is 13.1. The van der Waals surface area contributed by atoms with Crippen LogP contribution < -0.4 is 5.32 Å². The van der Waals surface area contributed by atoms with Gasteiger partial charge < -0.3 is 15.0 Å². The molecule has 1 aliphatic rings. The van der Waals surface area contributed by atoms with Crippen molar-refractivity contribution in [2.24, 2.45) is 13.0 Å². The lowest BCUT2D eigenvalue weighted by Gasteiger charge is -2.31. The summed E-state index contributed by atoms with van der Waals surface area (Å²) in [6.07, 6.45) is 3.44. The average molecular weight is 230 g/mol. The van der Waals surface area contributed by atoms with Gasteiger partial charge in [-0.25, -0.2) is 4.98 Å². The number of aliphatic hydroxyl groups excluding tert-OH is 1. The van der Waals surface area contributed by atoms with Crippen molar-refractivity contribution in [3.63, 3.8) is 0 Å². The van der Waals surface area contributed by atoms with E-state index in [0.717, 1.165) is 31.8 Å². The molecule has 84 valence electrons. The van der Waals surface area contributed by atoms with Gasteiger partial charge in [-0.1, -0.05) is 11.6 Å². The van der Waals surface area contributed by atoms with Crippen molar-refractivity contribution in [3.05, 3.63) is 17.2 Å². The van der Waals surface area contributed by atoms with Gasteiger partial charge in [0.25, 0.3) is 0 Å². The fourth-order valence-corrected chi connectivity index (χ4v) is 1.99. The molecule has 1 aliphatic carbocycles. The highest BCUT2D eigenvalue weighted by molar-refractivity contribution is 6.29. The fourth-order valence-electron chi connectivity index (χ4n) is 1.84. The maximum absolute atomic E-state index is 9.12. The number of hydrogen-bond donors (Lipinski definition) is 2. The number of rotatable bonds is 4. The van der Waals surface area contributed by atoms with Crippen LogP contribution in [-0.2, 0) is 13.6 Å². The van der Waals surface area contributed by atoms with Crippen LogP contribution in [0.3, 0.4) is 0 Å². The highest BCUT2D eigenvalue weighted by Gasteiger charge is 2.26. The minimum absolute atomic E-state index is 0.0700. The number of aliphatic hydroxyl groups is 1. The molecule has 1 aromatic heterocycles. The van der Waals surface area contributed by atoms with E-state index in [2.05, 4.69) is 10.3 Å². The minimum atomic E-state index is -0.0700. The van der Waals surface area contributed by atoms with Crippen molar-refractivity contribution in [2.45, 2.75) is 25.5 Å². The maximum Gasteiger partial charge on any atom is 0.128 e. The van der Waals surface area contributed by atoms with Gasteiger partial charge >= 0.3 is 0 Å². The SMILES string of the molecule is Cn1c(Cl)cnc1CNCC1CC(O)C1. The van der Waals surface area contributed by atoms with Crippen molar-refractivity contribution in [1.82, 2.24) is 14.9 Å². The molecular weight excluding hydrogens is 214 g/mol. The third kappa shape index (κ3) is 2.51. The highest BCUT2D eigenvalue weighted by Crippen LogP contribution is 2.26. The van der Waals surface area contributed by atoms with E-state index in [0.29, 0.717) is 11.1 Å². The second-order valence-corrected chi connectivity index (χ2v) is 4.57. The van der Waals surface area contributed by atoms with Crippen LogP contribution in [0.2, 0.25) is 5.15 Å². The normalized spacial score (nSPS) is 25.3. The molecule has 1 fully saturated rings. The molecule has 0 aromatic carbocycles. The number of imidazole rings is 1. The molecule has 5 heteroatoms. The van der Waals surface area contributed by atoms with Gasteiger partial charge in [0.2, 0.25) is 0 Å². The van der Waals surface area contributed by atoms with Gasteiger partial charge in [0.15, 0.2) is 0 Å². The van der Waals surface area contributed by atoms with Crippen LogP contribution in [0.4, 0.5) is 0 Å². The quantitative estimate of drug-likeness (QED) is 0.808. The third-order valence-electron chi connectivity index (χ3n) is 2.95. The maximum atomic E-state index is 9.12. The summed E-state index contributed by atoms with van der Waals surface area (Å²) in [5.41, 5.74) is 0. The molecule has 1 aromatic rings. The minimum Gasteiger partial charge on any atom is -0.393 e. The Morgan fingerprint density at radius 2 is 2.40 bits per heavy atom. The number of aromatic nitrogens is 2. The van der Waals surface area contributed by atoms with E-state index in [-0.39, 0.29) is 6.10 Å². The topological polar surface area (TPSA) is 50.1 Å². The van der Waals surface area contributed by atoms with Crippen LogP contribution in [0.1, 0.15) is 18.7 Å². The summed E-state index contributed by atoms with van der Waals surface area (Å²) in [4.78, 5) is 4.19. The van der Waals surface area contributed by atoms with Crippen molar-refractivity contribution < 1.29 is 5.11 Å². The zero-order chi connectivity index (χ0) is 10.8. The standard InChI is InChI=1S/C10H16ClN3O/c1-14-9(11)5-13-10(14)6-12-4-7-2-8(15)3-7/h5,7-8,12,15H,2-4,6H2,1H3. The number of nitrogens with zero attached hydrogens (tertiary/aromatic N) is 2. The van der Waals surface area contributed by atoms with E-state index >= 15 is 0 Å². The predicted octanol–water partition coefficient (Wildman–Crippen LogP) is 0.934. The Morgan fingerprint density at radius 1 is 1.67 bits per heavy atom. The van der Waals surface area contributed by atoms with E-state index in [4.69, 9.17) is 16.7 Å². The van der Waals surface area contributed by atoms with Gasteiger partial charge in [-0.2, -0.15) is 0 Å². The molecule has 15 heavy (non-hydrogen) atoms. The van der Waals surface area contributed by atoms with Crippen LogP contribution in [-0.4, -0.2) is 27.3 Å². The second-order valence-electron chi connectivity index (χ2n) is 4.18. The van der Waals surface area contributed by atoms with Crippen LogP contribution in [0.25, 0.3) is 0 Å². The van der Waals surface area contributed by atoms with Gasteiger partial charge in [0, 0.05) is 7.05 Å². The third-order valence-corrected chi connectivity index (χ3v) is 3.31. The summed E-state index contributed by atoms with van der Waals surface area (Å²) in [6, 6.07) is 0. The molecule has 0 unspecified atom stereocenters. The first kappa shape index (κ1) is 10.9. The molecule has 0 atom stereocenters. The first-order valence-electron chi connectivity index (χ1n) is 5.21. The van der Waals surface area contributed by atoms with E-state index in [1.807, 2.05) is 11.6 Å². The summed E-state index contributed by atoms with van der Waals surface area (Å²) in [7, 11) is 1.90. The van der Waals surface area contributed by atoms with Crippen molar-refractivity contribution in [2.75, 3.05) is 6.54 Å². The van der Waals surface area contributed by atoms with Crippen molar-refractivity contribution >= 4 is 11.6 Å². The van der Waals surface area contributed by atoms with Gasteiger partial charge in [0.05, 0.1) is 18.8 Å². The number of nitrogens with one attached hydrogen (secondary N) is 1. The molecule has 2 N–H and O–H groups in total. The van der Waals surface area contributed by atoms with E-state index in [1.165, 1.54) is 0 Å². The molecule has 0 radical (unpaired) electrons. The lowest BCUT2D eigenvalue weighted by molar-refractivity contribution is 0.0429. The molecule has 4 nitrogen and oxygen atoms in total. The van der Waals surface area contributed by atoms with Gasteiger partial charge in [-0.05, 0) is 25.3 Å². The highest BCUT2D eigenvalue weighted by atomic mass is 35.5. The Balaban J connectivity index is 1.72. The smallest absolute Gasteiger partial charge is 0.128 e. The first-order valence-corrected chi connectivity index (χ1v) is 5.59. The number of halogens is 1. The van der Waals surface area contributed by atoms with Crippen molar-refractivity contribution in [1.29, 1.82) is 0 Å². The van der Waals surface area contributed by atoms with Gasteiger partial charge in [-0.3, -0.25) is 0 Å². The van der Waals surface area contributed by atoms with E-state index in [1.54, 1.807) is 6.20 Å². The molecule has 0 saturated heterocycles. The predicted molar refractivity (Wildman–Crippen MR) is 58.7 cm³/mol. The zero-order valence-corrected chi connectivity index (χ0v) is 9.54. The Hall–Kier alpha value is -0.580. The monoisotopic (exact) mass is 229 g/mol. The van der Waals surface area contributed by atoms with Crippen molar-refractivity contribution in [3.8, 4) is 0 Å². The molecule has 0 aliphatic heterocycles. The number of hydrogen-bond acceptors (Lipinski definition) is 3. The Kier molecular flexibility index (Phi) is 3.29. The molecular formula is C10H16ClN3O. The van der Waals surface area contributed by atoms with Crippen LogP contribution in [0, 0.1) is 5.92 Å². The summed E-state index contributed by atoms with van der Waals surface area (Å²) >= 11 is 5.87. The Bertz CT molecular complexity index is 333. The second kappa shape index (κ2) is 4.51. The fraction of sp³-hybridized carbons (Fsp3) is 0.700. The summed E-state index contributed by atoms with van der Waals surface area (Å²) in [5.74, 6) is 1.57. The van der Waals surface area contributed by atoms with Crippen LogP contribution >= 0.6 is 11.6 Å². The summed E-state index contributed by atoms with van der Waals surface area (Å²) < 4.78 is 1.87. The lowest BCUT2D eigenvalue weighted by atomic mass is 9.82. The van der Waals surface area contributed by atoms with Crippen LogP contribution in [0.15, 0.2) is 6.20 Å². The first-order chi connectivity index (χ1) is 7.16. The molecule has 0 spiro atoms. The zero-order valence-electron chi connectivity index (χ0n) is 8.78. The van der Waals surface area contributed by atoms with Crippen LogP contribution in [0.5, 0.6) is 0 Å². The van der Waals surface area contributed by atoms with E-state index < -0.39 is 0 Å². The molecule has 0 bridgehead atoms. The van der Waals surface area contributed by atoms with E-state index in [9.17, 15) is 0 Å². The molecule has 1 saturated carbocycles. The van der Waals surface area contributed by atoms with Gasteiger partial charge in [0.1, 0.15) is 11.0 Å². The Morgan fingerprint density at radius 3 is 2.93 bits per heavy atom. The Labute approximate surface area is 94.3 Å². The summed E-state index contributed by atoms with van der Waals surface area (Å²) in [6.45, 7) is 1.68. The largest absolute Gasteiger partial charge is 0.393 e. The molecule has 2 rings (SSSR count). The molecule has 0 amide bonds.